The number of unbranched alkanes of at least 4 members (excludes halogenated alkanes) is 1. The molecule has 7 heteroatoms. The molecule has 0 aliphatic heterocycles. The van der Waals surface area contributed by atoms with Gasteiger partial charge in [0.1, 0.15) is 4.21 Å². The third-order valence-electron chi connectivity index (χ3n) is 4.25. The minimum atomic E-state index is -3.57. The number of anilines is 1. The number of carbonyl (C=O) groups is 1. The van der Waals surface area contributed by atoms with Gasteiger partial charge in [-0.25, -0.2) is 8.42 Å². The molecule has 0 radical (unpaired) electrons. The van der Waals surface area contributed by atoms with E-state index in [0.717, 1.165) is 30.6 Å². The van der Waals surface area contributed by atoms with Gasteiger partial charge in [0.25, 0.3) is 15.9 Å². The van der Waals surface area contributed by atoms with Crippen LogP contribution in [0, 0.1) is 5.92 Å². The van der Waals surface area contributed by atoms with E-state index < -0.39 is 10.0 Å². The summed E-state index contributed by atoms with van der Waals surface area (Å²) in [7, 11) is -3.57. The van der Waals surface area contributed by atoms with E-state index in [2.05, 4.69) is 23.9 Å². The summed E-state index contributed by atoms with van der Waals surface area (Å²) >= 11 is 1.16. The van der Waals surface area contributed by atoms with E-state index in [4.69, 9.17) is 0 Å². The average molecular weight is 395 g/mol. The summed E-state index contributed by atoms with van der Waals surface area (Å²) in [4.78, 5) is 12.3. The summed E-state index contributed by atoms with van der Waals surface area (Å²) in [5.41, 5.74) is 0.957. The van der Waals surface area contributed by atoms with Gasteiger partial charge in [0, 0.05) is 17.8 Å². The summed E-state index contributed by atoms with van der Waals surface area (Å²) in [6, 6.07) is 9.72. The molecular formula is C19H26N2O3S2. The Balaban J connectivity index is 1.93. The van der Waals surface area contributed by atoms with Crippen molar-refractivity contribution in [1.29, 1.82) is 0 Å². The van der Waals surface area contributed by atoms with E-state index in [1.54, 1.807) is 41.8 Å². The Morgan fingerprint density at radius 3 is 2.46 bits per heavy atom. The third-order valence-corrected chi connectivity index (χ3v) is 7.03. The fourth-order valence-corrected chi connectivity index (χ4v) is 4.65. The van der Waals surface area contributed by atoms with Crippen LogP contribution in [0.2, 0.25) is 0 Å². The maximum atomic E-state index is 12.3. The van der Waals surface area contributed by atoms with Crippen molar-refractivity contribution in [2.45, 2.75) is 43.7 Å². The monoisotopic (exact) mass is 394 g/mol. The lowest BCUT2D eigenvalue weighted by Gasteiger charge is -2.15. The number of sulfonamides is 1. The molecule has 5 nitrogen and oxygen atoms in total. The number of thiophene rings is 1. The van der Waals surface area contributed by atoms with Crippen molar-refractivity contribution < 1.29 is 13.2 Å². The molecular weight excluding hydrogens is 368 g/mol. The molecule has 1 amide bonds. The van der Waals surface area contributed by atoms with Gasteiger partial charge in [-0.05, 0) is 48.1 Å². The number of amides is 1. The number of carbonyl (C=O) groups excluding carboxylic acids is 1. The second kappa shape index (κ2) is 9.73. The van der Waals surface area contributed by atoms with Crippen molar-refractivity contribution in [1.82, 2.24) is 5.32 Å². The maximum Gasteiger partial charge on any atom is 0.271 e. The molecule has 0 fully saturated rings. The van der Waals surface area contributed by atoms with E-state index in [9.17, 15) is 13.2 Å². The van der Waals surface area contributed by atoms with Crippen molar-refractivity contribution in [2.24, 2.45) is 5.92 Å². The molecule has 1 aromatic heterocycles. The minimum absolute atomic E-state index is 0.132. The zero-order valence-electron chi connectivity index (χ0n) is 15.2. The summed E-state index contributed by atoms with van der Waals surface area (Å²) in [6.45, 7) is 4.97. The molecule has 1 heterocycles. The predicted molar refractivity (Wildman–Crippen MR) is 107 cm³/mol. The van der Waals surface area contributed by atoms with E-state index in [0.29, 0.717) is 23.7 Å². The smallest absolute Gasteiger partial charge is 0.271 e. The maximum absolute atomic E-state index is 12.3. The highest BCUT2D eigenvalue weighted by atomic mass is 32.2. The van der Waals surface area contributed by atoms with Crippen LogP contribution in [-0.2, 0) is 10.0 Å². The van der Waals surface area contributed by atoms with Gasteiger partial charge in [-0.2, -0.15) is 0 Å². The molecule has 0 unspecified atom stereocenters. The number of hydrogen-bond donors (Lipinski definition) is 2. The molecule has 0 aliphatic rings. The molecule has 2 N–H and O–H groups in total. The van der Waals surface area contributed by atoms with E-state index in [1.165, 1.54) is 6.42 Å². The third kappa shape index (κ3) is 5.85. The lowest BCUT2D eigenvalue weighted by Crippen LogP contribution is -2.29. The Labute approximate surface area is 159 Å². The highest BCUT2D eigenvalue weighted by Gasteiger charge is 2.15. The molecule has 0 saturated carbocycles. The standard InChI is InChI=1S/C19H26N2O3S2/c1-3-5-7-15(4-2)14-20-19(22)16-9-11-17(12-10-16)21-26(23,24)18-8-6-13-25-18/h6,8-13,15,21H,3-5,7,14H2,1-2H3,(H,20,22)/t15-/m0/s1. The van der Waals surface area contributed by atoms with Crippen molar-refractivity contribution in [2.75, 3.05) is 11.3 Å². The Morgan fingerprint density at radius 2 is 1.88 bits per heavy atom. The van der Waals surface area contributed by atoms with Crippen molar-refractivity contribution in [3.63, 3.8) is 0 Å². The van der Waals surface area contributed by atoms with Crippen LogP contribution < -0.4 is 10.0 Å². The van der Waals surface area contributed by atoms with Gasteiger partial charge in [-0.15, -0.1) is 11.3 Å². The van der Waals surface area contributed by atoms with Crippen LogP contribution in [0.1, 0.15) is 49.9 Å². The van der Waals surface area contributed by atoms with Gasteiger partial charge in [-0.3, -0.25) is 9.52 Å². The first-order valence-corrected chi connectivity index (χ1v) is 11.3. The van der Waals surface area contributed by atoms with Gasteiger partial charge in [0.05, 0.1) is 0 Å². The number of benzene rings is 1. The SMILES string of the molecule is CCCC[C@H](CC)CNC(=O)c1ccc(NS(=O)(=O)c2cccs2)cc1. The normalized spacial score (nSPS) is 12.5. The predicted octanol–water partition coefficient (Wildman–Crippen LogP) is 4.50. The largest absolute Gasteiger partial charge is 0.352 e. The molecule has 142 valence electrons. The van der Waals surface area contributed by atoms with Gasteiger partial charge < -0.3 is 5.32 Å². The van der Waals surface area contributed by atoms with Gasteiger partial charge in [0.15, 0.2) is 0 Å². The zero-order chi connectivity index (χ0) is 19.0. The van der Waals surface area contributed by atoms with Crippen LogP contribution in [0.15, 0.2) is 46.0 Å². The van der Waals surface area contributed by atoms with E-state index in [1.807, 2.05) is 0 Å². The first-order valence-electron chi connectivity index (χ1n) is 8.90. The lowest BCUT2D eigenvalue weighted by atomic mass is 9.99. The molecule has 2 rings (SSSR count). The van der Waals surface area contributed by atoms with Crippen molar-refractivity contribution >= 4 is 33.0 Å². The lowest BCUT2D eigenvalue weighted by molar-refractivity contribution is 0.0946. The Morgan fingerprint density at radius 1 is 1.15 bits per heavy atom. The second-order valence-corrected chi connectivity index (χ2v) is 9.10. The first-order chi connectivity index (χ1) is 12.5. The molecule has 0 aliphatic carbocycles. The Hall–Kier alpha value is -1.86. The van der Waals surface area contributed by atoms with Gasteiger partial charge in [-0.1, -0.05) is 39.2 Å². The molecule has 0 bridgehead atoms. The first kappa shape index (κ1) is 20.5. The summed E-state index contributed by atoms with van der Waals surface area (Å²) in [5.74, 6) is 0.364. The van der Waals surface area contributed by atoms with Gasteiger partial charge >= 0.3 is 0 Å². The molecule has 1 aromatic carbocycles. The topological polar surface area (TPSA) is 75.3 Å². The number of rotatable bonds is 10. The molecule has 0 spiro atoms. The summed E-state index contributed by atoms with van der Waals surface area (Å²) < 4.78 is 27.2. The van der Waals surface area contributed by atoms with Crippen molar-refractivity contribution in [3.8, 4) is 0 Å². The molecule has 1 atom stereocenters. The van der Waals surface area contributed by atoms with E-state index >= 15 is 0 Å². The van der Waals surface area contributed by atoms with Crippen LogP contribution in [0.4, 0.5) is 5.69 Å². The minimum Gasteiger partial charge on any atom is -0.352 e. The fraction of sp³-hybridized carbons (Fsp3) is 0.421. The molecule has 0 saturated heterocycles. The summed E-state index contributed by atoms with van der Waals surface area (Å²) in [5, 5.41) is 4.69. The summed E-state index contributed by atoms with van der Waals surface area (Å²) in [6.07, 6.45) is 4.50. The highest BCUT2D eigenvalue weighted by molar-refractivity contribution is 7.94. The fourth-order valence-electron chi connectivity index (χ4n) is 2.59. The number of hydrogen-bond acceptors (Lipinski definition) is 4. The molecule has 2 aromatic rings. The van der Waals surface area contributed by atoms with E-state index in [-0.39, 0.29) is 10.1 Å². The molecule has 26 heavy (non-hydrogen) atoms. The quantitative estimate of drug-likeness (QED) is 0.623. The average Bonchev–Trinajstić information content (AvgIpc) is 3.18. The van der Waals surface area contributed by atoms with Crippen LogP contribution in [-0.4, -0.2) is 20.9 Å². The van der Waals surface area contributed by atoms with Crippen LogP contribution in [0.5, 0.6) is 0 Å². The van der Waals surface area contributed by atoms with Crippen molar-refractivity contribution in [3.05, 3.63) is 47.3 Å². The van der Waals surface area contributed by atoms with Gasteiger partial charge in [0.2, 0.25) is 0 Å². The Kier molecular flexibility index (Phi) is 7.66. The van der Waals surface area contributed by atoms with Crippen LogP contribution in [0.3, 0.4) is 0 Å². The number of nitrogens with one attached hydrogen (secondary N) is 2. The second-order valence-electron chi connectivity index (χ2n) is 6.24. The highest BCUT2D eigenvalue weighted by Crippen LogP contribution is 2.20. The van der Waals surface area contributed by atoms with Crippen LogP contribution >= 0.6 is 11.3 Å². The zero-order valence-corrected chi connectivity index (χ0v) is 16.8. The Bertz CT molecular complexity index is 785. The van der Waals surface area contributed by atoms with Crippen LogP contribution in [0.25, 0.3) is 0 Å².